The molecule has 0 radical (unpaired) electrons. The van der Waals surface area contributed by atoms with Gasteiger partial charge in [-0.2, -0.15) is 0 Å². The number of likely N-dealkylation sites (tertiary alicyclic amines) is 1. The predicted octanol–water partition coefficient (Wildman–Crippen LogP) is 1.14. The third kappa shape index (κ3) is 4.22. The maximum absolute atomic E-state index is 13.9. The Kier molecular flexibility index (Phi) is 7.01. The van der Waals surface area contributed by atoms with Crippen molar-refractivity contribution in [2.24, 2.45) is 34.8 Å². The lowest BCUT2D eigenvalue weighted by atomic mass is 9.52. The standard InChI is InChI=1S/C29H36ClN3O7/c1-28(2)6-5-7-33(12-28)11-14-10-17(34)19-15(21(14)30)8-13-9-16-22(32(3)4)24(36)20(27(31)39)26(38)29(16,40)25(37)18(13)23(19)35/h10,13,16,18,20,22,34,40H,5-9,11-12H2,1-4H3,(H2,31,39)/t13-,16-,18?,20?,22-,29-/m0/s1. The molecule has 6 atom stereocenters. The fourth-order valence-corrected chi connectivity index (χ4v) is 8.03. The first kappa shape index (κ1) is 28.9. The van der Waals surface area contributed by atoms with Gasteiger partial charge in [0.15, 0.2) is 34.7 Å². The summed E-state index contributed by atoms with van der Waals surface area (Å²) in [6.45, 7) is 6.65. The molecule has 4 N–H and O–H groups in total. The number of carbonyl (C=O) groups is 5. The van der Waals surface area contributed by atoms with E-state index in [1.165, 1.54) is 11.0 Å². The van der Waals surface area contributed by atoms with Crippen LogP contribution in [0.4, 0.5) is 0 Å². The van der Waals surface area contributed by atoms with Crippen LogP contribution in [0.25, 0.3) is 0 Å². The summed E-state index contributed by atoms with van der Waals surface area (Å²) in [4.78, 5) is 70.1. The second-order valence-corrected chi connectivity index (χ2v) is 13.4. The SMILES string of the molecule is CN(C)[C@@H]1C(=O)C(C(N)=O)C(=O)[C@@]2(O)C(=O)C3C(=O)c4c(O)cc(CN5CCCC(C)(C)C5)c(Cl)c4C[C@H]3C[C@@H]12. The molecule has 1 aliphatic heterocycles. The Bertz CT molecular complexity index is 1340. The van der Waals surface area contributed by atoms with E-state index >= 15 is 0 Å². The van der Waals surface area contributed by atoms with Crippen molar-refractivity contribution >= 4 is 40.6 Å². The van der Waals surface area contributed by atoms with Crippen LogP contribution < -0.4 is 5.73 Å². The van der Waals surface area contributed by atoms with Crippen molar-refractivity contribution in [3.63, 3.8) is 0 Å². The van der Waals surface area contributed by atoms with Crippen LogP contribution in [0.5, 0.6) is 5.75 Å². The number of fused-ring (bicyclic) bond motifs is 3. The number of phenolic OH excluding ortho intramolecular Hbond substituents is 1. The number of aliphatic hydroxyl groups is 1. The summed E-state index contributed by atoms with van der Waals surface area (Å²) in [7, 11) is 3.11. The van der Waals surface area contributed by atoms with Crippen LogP contribution in [0, 0.1) is 29.1 Å². The number of carbonyl (C=O) groups excluding carboxylic acids is 5. The maximum atomic E-state index is 13.9. The van der Waals surface area contributed by atoms with Gasteiger partial charge in [0.1, 0.15) is 5.75 Å². The van der Waals surface area contributed by atoms with Crippen LogP contribution in [0.1, 0.15) is 54.6 Å². The number of amides is 1. The Morgan fingerprint density at radius 3 is 2.48 bits per heavy atom. The number of hydrogen-bond donors (Lipinski definition) is 3. The molecule has 10 nitrogen and oxygen atoms in total. The van der Waals surface area contributed by atoms with Crippen molar-refractivity contribution in [3.05, 3.63) is 27.8 Å². The zero-order valence-corrected chi connectivity index (χ0v) is 24.0. The van der Waals surface area contributed by atoms with E-state index in [0.29, 0.717) is 22.7 Å². The number of phenols is 1. The number of hydrogen-bond acceptors (Lipinski definition) is 9. The molecule has 3 fully saturated rings. The van der Waals surface area contributed by atoms with Gasteiger partial charge in [0, 0.05) is 24.0 Å². The molecule has 2 saturated carbocycles. The van der Waals surface area contributed by atoms with Gasteiger partial charge in [-0.15, -0.1) is 0 Å². The van der Waals surface area contributed by atoms with Crippen molar-refractivity contribution in [1.29, 1.82) is 0 Å². The van der Waals surface area contributed by atoms with Crippen LogP contribution in [-0.4, -0.2) is 87.9 Å². The van der Waals surface area contributed by atoms with Gasteiger partial charge in [-0.05, 0) is 74.8 Å². The fraction of sp³-hybridized carbons (Fsp3) is 0.621. The Balaban J connectivity index is 1.55. The highest BCUT2D eigenvalue weighted by atomic mass is 35.5. The molecule has 0 spiro atoms. The minimum atomic E-state index is -2.74. The van der Waals surface area contributed by atoms with E-state index < -0.39 is 64.4 Å². The van der Waals surface area contributed by atoms with Gasteiger partial charge < -0.3 is 15.9 Å². The summed E-state index contributed by atoms with van der Waals surface area (Å²) in [6, 6.07) is 0.320. The Morgan fingerprint density at radius 1 is 1.20 bits per heavy atom. The predicted molar refractivity (Wildman–Crippen MR) is 145 cm³/mol. The summed E-state index contributed by atoms with van der Waals surface area (Å²) in [5.41, 5.74) is 3.79. The summed E-state index contributed by atoms with van der Waals surface area (Å²) >= 11 is 6.87. The number of aromatic hydroxyl groups is 1. The monoisotopic (exact) mass is 573 g/mol. The normalized spacial score (nSPS) is 33.9. The average Bonchev–Trinajstić information content (AvgIpc) is 2.83. The molecular weight excluding hydrogens is 538 g/mol. The lowest BCUT2D eigenvalue weighted by Gasteiger charge is -2.52. The lowest BCUT2D eigenvalue weighted by Crippen LogP contribution is -2.74. The van der Waals surface area contributed by atoms with Crippen LogP contribution in [0.15, 0.2) is 6.07 Å². The van der Waals surface area contributed by atoms with Crippen molar-refractivity contribution in [2.45, 2.75) is 57.7 Å². The van der Waals surface area contributed by atoms with Crippen LogP contribution in [0.2, 0.25) is 5.02 Å². The minimum absolute atomic E-state index is 0.00840. The molecule has 1 saturated heterocycles. The molecule has 4 aliphatic rings. The third-order valence-electron chi connectivity index (χ3n) is 9.44. The Morgan fingerprint density at radius 2 is 1.88 bits per heavy atom. The molecule has 1 amide bonds. The maximum Gasteiger partial charge on any atom is 0.235 e. The zero-order valence-electron chi connectivity index (χ0n) is 23.2. The first-order chi connectivity index (χ1) is 18.6. The van der Waals surface area contributed by atoms with E-state index in [1.54, 1.807) is 14.1 Å². The molecule has 216 valence electrons. The van der Waals surface area contributed by atoms with Crippen LogP contribution in [-0.2, 0) is 32.1 Å². The second kappa shape index (κ2) is 9.72. The van der Waals surface area contributed by atoms with Gasteiger partial charge in [0.05, 0.1) is 17.5 Å². The van der Waals surface area contributed by atoms with Gasteiger partial charge >= 0.3 is 0 Å². The molecular formula is C29H36ClN3O7. The third-order valence-corrected chi connectivity index (χ3v) is 9.91. The number of Topliss-reactive ketones (excluding diaryl/α,β-unsaturated/α-hetero) is 4. The molecule has 0 bridgehead atoms. The van der Waals surface area contributed by atoms with Gasteiger partial charge in [-0.3, -0.25) is 33.8 Å². The molecule has 1 heterocycles. The lowest BCUT2D eigenvalue weighted by molar-refractivity contribution is -0.181. The van der Waals surface area contributed by atoms with Crippen molar-refractivity contribution in [3.8, 4) is 5.75 Å². The van der Waals surface area contributed by atoms with Gasteiger partial charge in [-0.1, -0.05) is 25.4 Å². The number of nitrogens with zero attached hydrogens (tertiary/aromatic N) is 2. The average molecular weight is 574 g/mol. The highest BCUT2D eigenvalue weighted by Crippen LogP contribution is 2.52. The molecule has 40 heavy (non-hydrogen) atoms. The zero-order chi connectivity index (χ0) is 29.5. The largest absolute Gasteiger partial charge is 0.507 e. The Labute approximate surface area is 237 Å². The van der Waals surface area contributed by atoms with Crippen molar-refractivity contribution in [2.75, 3.05) is 27.2 Å². The summed E-state index contributed by atoms with van der Waals surface area (Å²) < 4.78 is 0. The van der Waals surface area contributed by atoms with E-state index in [9.17, 15) is 34.2 Å². The number of benzene rings is 1. The van der Waals surface area contributed by atoms with E-state index in [2.05, 4.69) is 18.7 Å². The van der Waals surface area contributed by atoms with Crippen LogP contribution >= 0.6 is 11.6 Å². The molecule has 1 aromatic rings. The van der Waals surface area contributed by atoms with Gasteiger partial charge in [-0.25, -0.2) is 0 Å². The molecule has 2 unspecified atom stereocenters. The number of nitrogens with two attached hydrogens (primary N) is 1. The number of rotatable bonds is 4. The molecule has 0 aromatic heterocycles. The fourth-order valence-electron chi connectivity index (χ4n) is 7.74. The molecule has 1 aromatic carbocycles. The van der Waals surface area contributed by atoms with Crippen molar-refractivity contribution in [1.82, 2.24) is 9.80 Å². The topological polar surface area (TPSA) is 158 Å². The number of halogens is 1. The number of piperidine rings is 1. The molecule has 3 aliphatic carbocycles. The Hall–Kier alpha value is -2.66. The van der Waals surface area contributed by atoms with E-state index in [-0.39, 0.29) is 29.6 Å². The number of ketones is 4. The summed E-state index contributed by atoms with van der Waals surface area (Å²) in [5.74, 6) is -10.7. The summed E-state index contributed by atoms with van der Waals surface area (Å²) in [5, 5.41) is 23.0. The first-order valence-corrected chi connectivity index (χ1v) is 14.1. The number of likely N-dealkylation sites (N-methyl/N-ethyl adjacent to an activating group) is 1. The van der Waals surface area contributed by atoms with E-state index in [0.717, 1.165) is 25.9 Å². The highest BCUT2D eigenvalue weighted by molar-refractivity contribution is 6.34. The van der Waals surface area contributed by atoms with Gasteiger partial charge in [0.25, 0.3) is 0 Å². The first-order valence-electron chi connectivity index (χ1n) is 13.7. The summed E-state index contributed by atoms with van der Waals surface area (Å²) in [6.07, 6.45) is 2.30. The smallest absolute Gasteiger partial charge is 0.235 e. The van der Waals surface area contributed by atoms with Gasteiger partial charge in [0.2, 0.25) is 5.91 Å². The quantitative estimate of drug-likeness (QED) is 0.449. The highest BCUT2D eigenvalue weighted by Gasteiger charge is 2.69. The molecule has 5 rings (SSSR count). The van der Waals surface area contributed by atoms with Crippen molar-refractivity contribution < 1.29 is 34.2 Å². The molecule has 11 heteroatoms. The second-order valence-electron chi connectivity index (χ2n) is 13.0. The van der Waals surface area contributed by atoms with E-state index in [1.807, 2.05) is 0 Å². The van der Waals surface area contributed by atoms with E-state index in [4.69, 9.17) is 17.3 Å². The number of primary amides is 1. The van der Waals surface area contributed by atoms with Crippen LogP contribution in [0.3, 0.4) is 0 Å². The minimum Gasteiger partial charge on any atom is -0.507 e.